The molecule has 0 atom stereocenters. The Bertz CT molecular complexity index is 1600. The molecule has 1 aliphatic heterocycles. The number of nitrogens with zero attached hydrogens (tertiary/aromatic N) is 2. The van der Waals surface area contributed by atoms with E-state index in [4.69, 9.17) is 9.47 Å². The van der Waals surface area contributed by atoms with Crippen molar-refractivity contribution in [2.75, 3.05) is 19.0 Å². The number of non-ortho nitro benzene ring substituents is 1. The normalized spacial score (nSPS) is 14.0. The minimum atomic E-state index is -1.78. The minimum absolute atomic E-state index is 0.0240. The van der Waals surface area contributed by atoms with Crippen LogP contribution in [0.25, 0.3) is 6.08 Å². The fourth-order valence-electron chi connectivity index (χ4n) is 3.54. The molecule has 0 saturated carbocycles. The molecular formula is C26H17BrF3N3O7S. The number of hydrogen-bond acceptors (Lipinski definition) is 8. The number of hydrogen-bond donors (Lipinski definition) is 1. The topological polar surface area (TPSA) is 128 Å². The quantitative estimate of drug-likeness (QED) is 0.128. The summed E-state index contributed by atoms with van der Waals surface area (Å²) in [6.07, 6.45) is 1.39. The van der Waals surface area contributed by atoms with E-state index in [0.29, 0.717) is 44.1 Å². The molecule has 15 heteroatoms. The van der Waals surface area contributed by atoms with Gasteiger partial charge in [-0.05, 0) is 65.4 Å². The molecule has 41 heavy (non-hydrogen) atoms. The van der Waals surface area contributed by atoms with Crippen molar-refractivity contribution in [3.05, 3.63) is 96.6 Å². The molecule has 3 aromatic carbocycles. The van der Waals surface area contributed by atoms with E-state index in [1.165, 1.54) is 25.3 Å². The number of benzene rings is 3. The zero-order valence-corrected chi connectivity index (χ0v) is 23.2. The lowest BCUT2D eigenvalue weighted by Gasteiger charge is -2.14. The second-order valence-electron chi connectivity index (χ2n) is 8.28. The van der Waals surface area contributed by atoms with E-state index in [2.05, 4.69) is 15.9 Å². The van der Waals surface area contributed by atoms with Gasteiger partial charge < -0.3 is 14.8 Å². The molecule has 1 saturated heterocycles. The number of nitrogens with one attached hydrogen (secondary N) is 1. The summed E-state index contributed by atoms with van der Waals surface area (Å²) in [5.74, 6) is -6.03. The van der Waals surface area contributed by atoms with Gasteiger partial charge in [-0.1, -0.05) is 15.9 Å². The molecule has 10 nitrogen and oxygen atoms in total. The molecule has 0 bridgehead atoms. The average Bonchev–Trinajstić information content (AvgIpc) is 3.20. The summed E-state index contributed by atoms with van der Waals surface area (Å²) in [7, 11) is 1.40. The second-order valence-corrected chi connectivity index (χ2v) is 10.1. The maximum absolute atomic E-state index is 13.9. The molecule has 1 heterocycles. The first-order valence-corrected chi connectivity index (χ1v) is 13.0. The summed E-state index contributed by atoms with van der Waals surface area (Å²) in [5, 5.41) is 12.1. The van der Waals surface area contributed by atoms with Gasteiger partial charge in [0.25, 0.3) is 16.8 Å². The van der Waals surface area contributed by atoms with Crippen LogP contribution in [0, 0.1) is 27.6 Å². The predicted octanol–water partition coefficient (Wildman–Crippen LogP) is 6.04. The predicted molar refractivity (Wildman–Crippen MR) is 146 cm³/mol. The van der Waals surface area contributed by atoms with Gasteiger partial charge in [0.1, 0.15) is 13.2 Å². The van der Waals surface area contributed by atoms with Crippen molar-refractivity contribution in [1.82, 2.24) is 4.90 Å². The number of nitro benzene ring substituents is 1. The van der Waals surface area contributed by atoms with E-state index >= 15 is 0 Å². The molecule has 212 valence electrons. The molecule has 0 radical (unpaired) electrons. The Morgan fingerprint density at radius 1 is 1.10 bits per heavy atom. The molecule has 1 fully saturated rings. The van der Waals surface area contributed by atoms with Gasteiger partial charge in [0.15, 0.2) is 29.0 Å². The lowest BCUT2D eigenvalue weighted by atomic mass is 10.1. The molecule has 0 aromatic heterocycles. The number of carbonyl (C=O) groups excluding carboxylic acids is 3. The first-order chi connectivity index (χ1) is 19.5. The van der Waals surface area contributed by atoms with E-state index in [-0.39, 0.29) is 22.9 Å². The summed E-state index contributed by atoms with van der Waals surface area (Å²) in [5.41, 5.74) is 0.398. The number of thioether (sulfide) groups is 1. The van der Waals surface area contributed by atoms with E-state index in [0.717, 1.165) is 6.07 Å². The number of nitro groups is 1. The van der Waals surface area contributed by atoms with Crippen molar-refractivity contribution in [2.45, 2.75) is 6.61 Å². The van der Waals surface area contributed by atoms with Crippen molar-refractivity contribution in [3.8, 4) is 11.5 Å². The smallest absolute Gasteiger partial charge is 0.294 e. The molecule has 0 unspecified atom stereocenters. The Labute approximate surface area is 242 Å². The minimum Gasteiger partial charge on any atom is -0.493 e. The van der Waals surface area contributed by atoms with E-state index in [1.54, 1.807) is 24.3 Å². The third-order valence-corrected chi connectivity index (χ3v) is 7.19. The van der Waals surface area contributed by atoms with Gasteiger partial charge in [0.05, 0.1) is 22.6 Å². The van der Waals surface area contributed by atoms with Gasteiger partial charge in [-0.2, -0.15) is 0 Å². The lowest BCUT2D eigenvalue weighted by Crippen LogP contribution is -2.36. The number of carbonyl (C=O) groups is 3. The van der Waals surface area contributed by atoms with E-state index in [9.17, 15) is 37.7 Å². The Balaban J connectivity index is 1.46. The lowest BCUT2D eigenvalue weighted by molar-refractivity contribution is -0.384. The third kappa shape index (κ3) is 6.69. The fourth-order valence-corrected chi connectivity index (χ4v) is 4.81. The van der Waals surface area contributed by atoms with Crippen molar-refractivity contribution in [1.29, 1.82) is 0 Å². The third-order valence-electron chi connectivity index (χ3n) is 5.60. The van der Waals surface area contributed by atoms with Crippen LogP contribution < -0.4 is 14.8 Å². The molecule has 3 aromatic rings. The standard InChI is InChI=1S/C26H17BrF3N3O7S/c1-39-19-8-14(16(27)10-20(19)40-12-13-2-4-15(5-3-13)33(37)38)9-21-25(35)32(26(36)41-21)11-22(34)31-18-7-6-17(28)23(29)24(18)30/h2-10H,11-12H2,1H3,(H,31,34)/b21-9+. The van der Waals surface area contributed by atoms with Crippen LogP contribution in [0.15, 0.2) is 57.9 Å². The molecular weight excluding hydrogens is 635 g/mol. The van der Waals surface area contributed by atoms with Gasteiger partial charge in [0.2, 0.25) is 5.91 Å². The SMILES string of the molecule is COc1cc(/C=C2/SC(=O)N(CC(=O)Nc3ccc(F)c(F)c3F)C2=O)c(Br)cc1OCc1ccc([N+](=O)[O-])cc1. The highest BCUT2D eigenvalue weighted by atomic mass is 79.9. The van der Waals surface area contributed by atoms with E-state index < -0.39 is 51.7 Å². The molecule has 0 aliphatic carbocycles. The summed E-state index contributed by atoms with van der Waals surface area (Å²) in [6.45, 7) is -0.712. The zero-order valence-electron chi connectivity index (χ0n) is 20.8. The van der Waals surface area contributed by atoms with Gasteiger partial charge >= 0.3 is 0 Å². The monoisotopic (exact) mass is 651 g/mol. The van der Waals surface area contributed by atoms with Crippen LogP contribution >= 0.6 is 27.7 Å². The molecule has 3 amide bonds. The van der Waals surface area contributed by atoms with Crippen LogP contribution in [0.2, 0.25) is 0 Å². The average molecular weight is 652 g/mol. The maximum atomic E-state index is 13.9. The van der Waals surface area contributed by atoms with Crippen molar-refractivity contribution in [3.63, 3.8) is 0 Å². The number of anilines is 1. The Kier molecular flexibility index (Phi) is 8.98. The molecule has 0 spiro atoms. The summed E-state index contributed by atoms with van der Waals surface area (Å²) >= 11 is 3.95. The first kappa shape index (κ1) is 29.6. The summed E-state index contributed by atoms with van der Waals surface area (Å²) in [4.78, 5) is 48.6. The van der Waals surface area contributed by atoms with Crippen LogP contribution in [0.1, 0.15) is 11.1 Å². The van der Waals surface area contributed by atoms with Crippen molar-refractivity contribution >= 4 is 62.2 Å². The number of halogens is 4. The first-order valence-electron chi connectivity index (χ1n) is 11.4. The number of methoxy groups -OCH3 is 1. The second kappa shape index (κ2) is 12.4. The van der Waals surface area contributed by atoms with Crippen molar-refractivity contribution < 1.29 is 42.0 Å². The highest BCUT2D eigenvalue weighted by molar-refractivity contribution is 9.10. The maximum Gasteiger partial charge on any atom is 0.294 e. The Morgan fingerprint density at radius 2 is 1.80 bits per heavy atom. The van der Waals surface area contributed by atoms with Gasteiger partial charge in [-0.3, -0.25) is 29.4 Å². The Morgan fingerprint density at radius 3 is 2.46 bits per heavy atom. The Hall–Kier alpha value is -4.37. The molecule has 1 N–H and O–H groups in total. The van der Waals surface area contributed by atoms with E-state index in [1.807, 2.05) is 5.32 Å². The molecule has 4 rings (SSSR count). The number of imide groups is 1. The summed E-state index contributed by atoms with van der Waals surface area (Å²) < 4.78 is 52.1. The number of ether oxygens (including phenoxy) is 2. The number of amides is 3. The van der Waals surface area contributed by atoms with Gasteiger partial charge in [0, 0.05) is 16.6 Å². The number of rotatable bonds is 9. The largest absolute Gasteiger partial charge is 0.493 e. The fraction of sp³-hybridized carbons (Fsp3) is 0.115. The van der Waals surface area contributed by atoms with Crippen LogP contribution in [0.3, 0.4) is 0 Å². The van der Waals surface area contributed by atoms with Crippen LogP contribution in [-0.2, 0) is 16.2 Å². The highest BCUT2D eigenvalue weighted by Gasteiger charge is 2.36. The summed E-state index contributed by atoms with van der Waals surface area (Å²) in [6, 6.07) is 10.4. The van der Waals surface area contributed by atoms with Crippen LogP contribution in [-0.4, -0.2) is 40.5 Å². The van der Waals surface area contributed by atoms with Crippen molar-refractivity contribution in [2.24, 2.45) is 0 Å². The van der Waals surface area contributed by atoms with Crippen LogP contribution in [0.5, 0.6) is 11.5 Å². The zero-order chi connectivity index (χ0) is 29.8. The van der Waals surface area contributed by atoms with Gasteiger partial charge in [-0.15, -0.1) is 0 Å². The van der Waals surface area contributed by atoms with Crippen LogP contribution in [0.4, 0.5) is 29.3 Å². The molecule has 1 aliphatic rings. The highest BCUT2D eigenvalue weighted by Crippen LogP contribution is 2.38. The van der Waals surface area contributed by atoms with Gasteiger partial charge in [-0.25, -0.2) is 13.2 Å².